The summed E-state index contributed by atoms with van der Waals surface area (Å²) in [5.41, 5.74) is 5.76. The molecule has 0 aliphatic carbocycles. The Balaban J connectivity index is 0. The molecule has 0 aromatic heterocycles. The van der Waals surface area contributed by atoms with Crippen molar-refractivity contribution >= 4 is 24.2 Å². The van der Waals surface area contributed by atoms with Gasteiger partial charge in [0.1, 0.15) is 0 Å². The summed E-state index contributed by atoms with van der Waals surface area (Å²) < 4.78 is 0. The Labute approximate surface area is 109 Å². The number of carbonyl (C=O) groups excluding carboxylic acids is 2. The topological polar surface area (TPSA) is 84.2 Å². The molecule has 0 aromatic rings. The van der Waals surface area contributed by atoms with Gasteiger partial charge in [0.05, 0.1) is 0 Å². The van der Waals surface area contributed by atoms with E-state index in [-0.39, 0.29) is 24.2 Å². The zero-order valence-electron chi connectivity index (χ0n) is 10.3. The standard InChI is InChI=1S/C7H14N2O.C4H7NO.ClH/c1-6(2)7(10)9-5-3-4-8;6-4-2-1-3-5-4;/h1,3-5,8H2,2H3,(H,9,10);1-3H2,(H,5,6);1H. The van der Waals surface area contributed by atoms with E-state index in [9.17, 15) is 9.59 Å². The van der Waals surface area contributed by atoms with E-state index in [0.29, 0.717) is 18.7 Å². The Hall–Kier alpha value is -1.07. The average Bonchev–Trinajstić information content (AvgIpc) is 2.70. The maximum Gasteiger partial charge on any atom is 0.246 e. The highest BCUT2D eigenvalue weighted by molar-refractivity contribution is 5.91. The SMILES string of the molecule is C=C(C)C(=O)NCCCN.Cl.O=C1CCCN1. The number of amides is 2. The molecule has 1 fully saturated rings. The highest BCUT2D eigenvalue weighted by Gasteiger charge is 2.05. The fourth-order valence-electron chi connectivity index (χ4n) is 1.02. The highest BCUT2D eigenvalue weighted by Crippen LogP contribution is 1.93. The Morgan fingerprint density at radius 1 is 1.59 bits per heavy atom. The van der Waals surface area contributed by atoms with Crippen molar-refractivity contribution in [3.8, 4) is 0 Å². The third-order valence-corrected chi connectivity index (χ3v) is 1.96. The predicted molar refractivity (Wildman–Crippen MR) is 71.0 cm³/mol. The summed E-state index contributed by atoms with van der Waals surface area (Å²) in [5, 5.41) is 5.35. The molecule has 17 heavy (non-hydrogen) atoms. The molecule has 0 saturated carbocycles. The summed E-state index contributed by atoms with van der Waals surface area (Å²) in [5.74, 6) is 0.114. The van der Waals surface area contributed by atoms with E-state index >= 15 is 0 Å². The number of hydrogen-bond acceptors (Lipinski definition) is 3. The summed E-state index contributed by atoms with van der Waals surface area (Å²) in [7, 11) is 0. The summed E-state index contributed by atoms with van der Waals surface area (Å²) >= 11 is 0. The summed E-state index contributed by atoms with van der Waals surface area (Å²) in [4.78, 5) is 20.9. The van der Waals surface area contributed by atoms with Gasteiger partial charge >= 0.3 is 0 Å². The Morgan fingerprint density at radius 2 is 2.24 bits per heavy atom. The monoisotopic (exact) mass is 263 g/mol. The van der Waals surface area contributed by atoms with Crippen LogP contribution in [0.25, 0.3) is 0 Å². The lowest BCUT2D eigenvalue weighted by Gasteiger charge is -2.01. The van der Waals surface area contributed by atoms with Crippen LogP contribution < -0.4 is 16.4 Å². The minimum atomic E-state index is -0.0894. The largest absolute Gasteiger partial charge is 0.356 e. The summed E-state index contributed by atoms with van der Waals surface area (Å²) in [6.45, 7) is 7.31. The van der Waals surface area contributed by atoms with Crippen molar-refractivity contribution in [1.82, 2.24) is 10.6 Å². The molecule has 1 heterocycles. The molecule has 6 heteroatoms. The second-order valence-corrected chi connectivity index (χ2v) is 3.63. The second kappa shape index (κ2) is 11.4. The lowest BCUT2D eigenvalue weighted by Crippen LogP contribution is -2.26. The minimum absolute atomic E-state index is 0. The van der Waals surface area contributed by atoms with Gasteiger partial charge < -0.3 is 16.4 Å². The van der Waals surface area contributed by atoms with Crippen LogP contribution in [0, 0.1) is 0 Å². The van der Waals surface area contributed by atoms with Crippen LogP contribution in [0.4, 0.5) is 0 Å². The van der Waals surface area contributed by atoms with Gasteiger partial charge in [-0.3, -0.25) is 9.59 Å². The van der Waals surface area contributed by atoms with Gasteiger partial charge in [0.25, 0.3) is 0 Å². The van der Waals surface area contributed by atoms with Crippen molar-refractivity contribution in [3.63, 3.8) is 0 Å². The molecule has 100 valence electrons. The van der Waals surface area contributed by atoms with E-state index in [1.54, 1.807) is 6.92 Å². The van der Waals surface area contributed by atoms with Crippen molar-refractivity contribution in [2.45, 2.75) is 26.2 Å². The molecule has 1 aliphatic heterocycles. The van der Waals surface area contributed by atoms with Crippen molar-refractivity contribution in [3.05, 3.63) is 12.2 Å². The number of halogens is 1. The van der Waals surface area contributed by atoms with Gasteiger partial charge in [-0.05, 0) is 26.3 Å². The van der Waals surface area contributed by atoms with Crippen molar-refractivity contribution < 1.29 is 9.59 Å². The first-order valence-corrected chi connectivity index (χ1v) is 5.48. The molecule has 2 amide bonds. The lowest BCUT2D eigenvalue weighted by atomic mass is 10.3. The van der Waals surface area contributed by atoms with Crippen LogP contribution in [0.2, 0.25) is 0 Å². The van der Waals surface area contributed by atoms with Crippen LogP contribution in [0.1, 0.15) is 26.2 Å². The molecule has 4 N–H and O–H groups in total. The molecule has 1 saturated heterocycles. The van der Waals surface area contributed by atoms with Gasteiger partial charge in [0.15, 0.2) is 0 Å². The Kier molecular flexibility index (Phi) is 12.3. The van der Waals surface area contributed by atoms with Crippen molar-refractivity contribution in [1.29, 1.82) is 0 Å². The molecule has 0 bridgehead atoms. The summed E-state index contributed by atoms with van der Waals surface area (Å²) in [6.07, 6.45) is 2.58. The van der Waals surface area contributed by atoms with Crippen LogP contribution in [-0.2, 0) is 9.59 Å². The van der Waals surface area contributed by atoms with E-state index < -0.39 is 0 Å². The molecular formula is C11H22ClN3O2. The maximum atomic E-state index is 10.8. The summed E-state index contributed by atoms with van der Waals surface area (Å²) in [6, 6.07) is 0. The fraction of sp³-hybridized carbons (Fsp3) is 0.636. The maximum absolute atomic E-state index is 10.8. The fourth-order valence-corrected chi connectivity index (χ4v) is 1.02. The van der Waals surface area contributed by atoms with E-state index in [4.69, 9.17) is 5.73 Å². The third kappa shape index (κ3) is 11.2. The molecular weight excluding hydrogens is 242 g/mol. The van der Waals surface area contributed by atoms with E-state index in [2.05, 4.69) is 17.2 Å². The molecule has 1 rings (SSSR count). The Morgan fingerprint density at radius 3 is 2.53 bits per heavy atom. The molecule has 1 aliphatic rings. The quantitative estimate of drug-likeness (QED) is 0.505. The normalized spacial score (nSPS) is 12.7. The smallest absolute Gasteiger partial charge is 0.246 e. The number of carbonyl (C=O) groups is 2. The molecule has 0 radical (unpaired) electrons. The van der Waals surface area contributed by atoms with Crippen LogP contribution in [0.3, 0.4) is 0 Å². The molecule has 0 unspecified atom stereocenters. The van der Waals surface area contributed by atoms with Crippen molar-refractivity contribution in [2.75, 3.05) is 19.6 Å². The van der Waals surface area contributed by atoms with E-state index in [0.717, 1.165) is 25.8 Å². The number of hydrogen-bond donors (Lipinski definition) is 3. The van der Waals surface area contributed by atoms with Gasteiger partial charge in [0.2, 0.25) is 11.8 Å². The van der Waals surface area contributed by atoms with Gasteiger partial charge in [-0.15, -0.1) is 12.4 Å². The lowest BCUT2D eigenvalue weighted by molar-refractivity contribution is -0.119. The number of rotatable bonds is 4. The Bertz CT molecular complexity index is 249. The average molecular weight is 264 g/mol. The van der Waals surface area contributed by atoms with Gasteiger partial charge in [-0.1, -0.05) is 6.58 Å². The first kappa shape index (κ1) is 18.3. The number of nitrogens with one attached hydrogen (secondary N) is 2. The van der Waals surface area contributed by atoms with Crippen LogP contribution >= 0.6 is 12.4 Å². The third-order valence-electron chi connectivity index (χ3n) is 1.96. The molecule has 0 aromatic carbocycles. The first-order valence-electron chi connectivity index (χ1n) is 5.48. The zero-order valence-corrected chi connectivity index (χ0v) is 11.1. The second-order valence-electron chi connectivity index (χ2n) is 3.63. The van der Waals surface area contributed by atoms with Crippen LogP contribution in [-0.4, -0.2) is 31.4 Å². The van der Waals surface area contributed by atoms with Crippen molar-refractivity contribution in [2.24, 2.45) is 5.73 Å². The van der Waals surface area contributed by atoms with Gasteiger partial charge in [-0.2, -0.15) is 0 Å². The molecule has 0 spiro atoms. The molecule has 5 nitrogen and oxygen atoms in total. The number of nitrogens with two attached hydrogens (primary N) is 1. The minimum Gasteiger partial charge on any atom is -0.356 e. The highest BCUT2D eigenvalue weighted by atomic mass is 35.5. The van der Waals surface area contributed by atoms with E-state index in [1.165, 1.54) is 0 Å². The molecule has 0 atom stereocenters. The van der Waals surface area contributed by atoms with Crippen LogP contribution in [0.15, 0.2) is 12.2 Å². The van der Waals surface area contributed by atoms with E-state index in [1.807, 2.05) is 0 Å². The van der Waals surface area contributed by atoms with Crippen LogP contribution in [0.5, 0.6) is 0 Å². The predicted octanol–water partition coefficient (Wildman–Crippen LogP) is 0.346. The first-order chi connectivity index (χ1) is 7.57. The van der Waals surface area contributed by atoms with Gasteiger partial charge in [0, 0.05) is 25.1 Å². The zero-order chi connectivity index (χ0) is 12.4. The van der Waals surface area contributed by atoms with Gasteiger partial charge in [-0.25, -0.2) is 0 Å².